The maximum Gasteiger partial charge on any atom is 0.216 e. The topological polar surface area (TPSA) is 55.2 Å². The molecule has 0 saturated carbocycles. The average molecular weight is 338 g/mol. The maximum absolute atomic E-state index is 5.50. The van der Waals surface area contributed by atoms with E-state index in [1.807, 2.05) is 49.4 Å². The van der Waals surface area contributed by atoms with E-state index in [1.54, 1.807) is 10.9 Å². The first-order valence-corrected chi connectivity index (χ1v) is 8.14. The molecular weight excluding hydrogens is 320 g/mol. The van der Waals surface area contributed by atoms with Gasteiger partial charge in [-0.05, 0) is 42.4 Å². The Hall–Kier alpha value is -2.73. The average Bonchev–Trinajstić information content (AvgIpc) is 2.94. The van der Waals surface area contributed by atoms with Crippen LogP contribution in [0.1, 0.15) is 23.9 Å². The van der Waals surface area contributed by atoms with Crippen LogP contribution in [-0.2, 0) is 6.42 Å². The number of aromatic amines is 1. The van der Waals surface area contributed by atoms with Crippen LogP contribution in [0.5, 0.6) is 5.75 Å². The van der Waals surface area contributed by atoms with E-state index in [0.29, 0.717) is 17.8 Å². The van der Waals surface area contributed by atoms with Crippen molar-refractivity contribution in [1.82, 2.24) is 14.9 Å². The Morgan fingerprint density at radius 3 is 2.83 bits per heavy atom. The minimum atomic E-state index is 0.471. The molecule has 0 unspecified atom stereocenters. The van der Waals surface area contributed by atoms with Gasteiger partial charge in [0.1, 0.15) is 5.75 Å². The predicted molar refractivity (Wildman–Crippen MR) is 97.3 cm³/mol. The van der Waals surface area contributed by atoms with Crippen molar-refractivity contribution in [2.24, 2.45) is 5.10 Å². The predicted octanol–water partition coefficient (Wildman–Crippen LogP) is 3.81. The first-order valence-electron chi connectivity index (χ1n) is 7.73. The highest BCUT2D eigenvalue weighted by Gasteiger charge is 2.06. The summed E-state index contributed by atoms with van der Waals surface area (Å²) in [7, 11) is 0. The lowest BCUT2D eigenvalue weighted by atomic mass is 10.1. The van der Waals surface area contributed by atoms with Crippen LogP contribution < -0.4 is 4.74 Å². The minimum Gasteiger partial charge on any atom is -0.494 e. The number of rotatable bonds is 6. The summed E-state index contributed by atoms with van der Waals surface area (Å²) in [5.41, 5.74) is 2.09. The lowest BCUT2D eigenvalue weighted by Crippen LogP contribution is -2.00. The van der Waals surface area contributed by atoms with Crippen LogP contribution in [0.3, 0.4) is 0 Å². The summed E-state index contributed by atoms with van der Waals surface area (Å²) >= 11 is 5.28. The number of H-pyrrole nitrogens is 1. The zero-order valence-corrected chi connectivity index (χ0v) is 14.2. The largest absolute Gasteiger partial charge is 0.494 e. The molecule has 0 radical (unpaired) electrons. The Labute approximate surface area is 145 Å². The third-order valence-electron chi connectivity index (χ3n) is 3.41. The molecule has 1 N–H and O–H groups in total. The van der Waals surface area contributed by atoms with Crippen molar-refractivity contribution in [3.8, 4) is 5.75 Å². The third-order valence-corrected chi connectivity index (χ3v) is 3.68. The quantitative estimate of drug-likeness (QED) is 0.549. The van der Waals surface area contributed by atoms with Gasteiger partial charge in [0, 0.05) is 6.42 Å². The molecule has 3 aromatic rings. The van der Waals surface area contributed by atoms with E-state index in [2.05, 4.69) is 27.4 Å². The normalized spacial score (nSPS) is 11.0. The molecule has 0 saturated heterocycles. The van der Waals surface area contributed by atoms with Crippen LogP contribution in [0.15, 0.2) is 59.7 Å². The van der Waals surface area contributed by atoms with Gasteiger partial charge in [0.2, 0.25) is 4.77 Å². The molecule has 0 spiro atoms. The lowest BCUT2D eigenvalue weighted by molar-refractivity contribution is 0.340. The van der Waals surface area contributed by atoms with Crippen molar-refractivity contribution in [2.75, 3.05) is 6.61 Å². The summed E-state index contributed by atoms with van der Waals surface area (Å²) in [6, 6.07) is 17.9. The van der Waals surface area contributed by atoms with Crippen LogP contribution in [-0.4, -0.2) is 27.7 Å². The van der Waals surface area contributed by atoms with E-state index in [1.165, 1.54) is 0 Å². The molecule has 122 valence electrons. The molecule has 0 aliphatic carbocycles. The monoisotopic (exact) mass is 338 g/mol. The third kappa shape index (κ3) is 3.97. The molecule has 2 aromatic carbocycles. The van der Waals surface area contributed by atoms with Crippen molar-refractivity contribution < 1.29 is 4.74 Å². The molecule has 1 aromatic heterocycles. The molecule has 6 heteroatoms. The number of hydrogen-bond acceptors (Lipinski definition) is 4. The first-order chi connectivity index (χ1) is 11.8. The Morgan fingerprint density at radius 2 is 2.04 bits per heavy atom. The molecule has 0 atom stereocenters. The van der Waals surface area contributed by atoms with Gasteiger partial charge in [0.05, 0.1) is 12.8 Å². The molecule has 3 rings (SSSR count). The van der Waals surface area contributed by atoms with Gasteiger partial charge in [-0.25, -0.2) is 0 Å². The van der Waals surface area contributed by atoms with Gasteiger partial charge in [-0.2, -0.15) is 14.9 Å². The highest BCUT2D eigenvalue weighted by Crippen LogP contribution is 2.12. The Bertz CT molecular complexity index is 883. The number of aromatic nitrogens is 3. The molecule has 0 amide bonds. The van der Waals surface area contributed by atoms with Gasteiger partial charge in [0.25, 0.3) is 0 Å². The second-order valence-corrected chi connectivity index (χ2v) is 5.56. The van der Waals surface area contributed by atoms with Crippen LogP contribution in [0.25, 0.3) is 0 Å². The number of ether oxygens (including phenoxy) is 1. The van der Waals surface area contributed by atoms with Crippen LogP contribution in [0, 0.1) is 4.77 Å². The van der Waals surface area contributed by atoms with Crippen molar-refractivity contribution in [3.63, 3.8) is 0 Å². The highest BCUT2D eigenvalue weighted by molar-refractivity contribution is 7.71. The van der Waals surface area contributed by atoms with Crippen LogP contribution >= 0.6 is 12.2 Å². The first kappa shape index (κ1) is 16.1. The summed E-state index contributed by atoms with van der Waals surface area (Å²) in [6.45, 7) is 2.59. The van der Waals surface area contributed by atoms with Crippen LogP contribution in [0.4, 0.5) is 0 Å². The zero-order valence-electron chi connectivity index (χ0n) is 13.3. The van der Waals surface area contributed by atoms with E-state index in [4.69, 9.17) is 17.0 Å². The van der Waals surface area contributed by atoms with Crippen LogP contribution in [0.2, 0.25) is 0 Å². The van der Waals surface area contributed by atoms with E-state index in [0.717, 1.165) is 22.7 Å². The molecule has 0 fully saturated rings. The Kier molecular flexibility index (Phi) is 5.18. The molecule has 0 aliphatic rings. The summed E-state index contributed by atoms with van der Waals surface area (Å²) in [6.07, 6.45) is 2.41. The fraction of sp³-hybridized carbons (Fsp3) is 0.167. The molecular formula is C18H18N4OS. The van der Waals surface area contributed by atoms with Gasteiger partial charge in [-0.3, -0.25) is 5.10 Å². The summed E-state index contributed by atoms with van der Waals surface area (Å²) < 4.78 is 7.62. The van der Waals surface area contributed by atoms with Gasteiger partial charge >= 0.3 is 0 Å². The lowest BCUT2D eigenvalue weighted by Gasteiger charge is -2.03. The second-order valence-electron chi connectivity index (χ2n) is 5.17. The molecule has 1 heterocycles. The van der Waals surface area contributed by atoms with Gasteiger partial charge in [-0.15, -0.1) is 0 Å². The number of nitrogens with one attached hydrogen (secondary N) is 1. The maximum atomic E-state index is 5.50. The standard InChI is InChI=1S/C18H18N4OS/c1-2-23-16-10-6-9-15(11-16)13-19-22-17(20-21-18(22)24)12-14-7-4-3-5-8-14/h3-11,13H,2,12H2,1H3,(H,21,24)/b19-13-. The number of hydrogen-bond donors (Lipinski definition) is 1. The van der Waals surface area contributed by atoms with Gasteiger partial charge in [0.15, 0.2) is 5.82 Å². The molecule has 0 aliphatic heterocycles. The van der Waals surface area contributed by atoms with Crippen molar-refractivity contribution in [2.45, 2.75) is 13.3 Å². The molecule has 24 heavy (non-hydrogen) atoms. The number of nitrogens with zero attached hydrogens (tertiary/aromatic N) is 3. The summed E-state index contributed by atoms with van der Waals surface area (Å²) in [5, 5.41) is 11.6. The zero-order chi connectivity index (χ0) is 16.8. The molecule has 0 bridgehead atoms. The van der Waals surface area contributed by atoms with Gasteiger partial charge < -0.3 is 4.74 Å². The van der Waals surface area contributed by atoms with E-state index >= 15 is 0 Å². The van der Waals surface area contributed by atoms with E-state index < -0.39 is 0 Å². The highest BCUT2D eigenvalue weighted by atomic mass is 32.1. The van der Waals surface area contributed by atoms with Crippen molar-refractivity contribution in [3.05, 3.63) is 76.3 Å². The smallest absolute Gasteiger partial charge is 0.216 e. The number of benzene rings is 2. The summed E-state index contributed by atoms with van der Waals surface area (Å²) in [4.78, 5) is 0. The fourth-order valence-corrected chi connectivity index (χ4v) is 2.51. The second kappa shape index (κ2) is 7.70. The van der Waals surface area contributed by atoms with E-state index in [9.17, 15) is 0 Å². The summed E-state index contributed by atoms with van der Waals surface area (Å²) in [5.74, 6) is 1.59. The Morgan fingerprint density at radius 1 is 1.21 bits per heavy atom. The van der Waals surface area contributed by atoms with Crippen molar-refractivity contribution >= 4 is 18.4 Å². The molecule has 5 nitrogen and oxygen atoms in total. The fourth-order valence-electron chi connectivity index (χ4n) is 2.31. The van der Waals surface area contributed by atoms with Crippen molar-refractivity contribution in [1.29, 1.82) is 0 Å². The minimum absolute atomic E-state index is 0.471. The Balaban J connectivity index is 1.83. The SMILES string of the molecule is CCOc1cccc(/C=N\n2c(Cc3ccccc3)n[nH]c2=S)c1. The van der Waals surface area contributed by atoms with E-state index in [-0.39, 0.29) is 0 Å². The van der Waals surface area contributed by atoms with Gasteiger partial charge in [-0.1, -0.05) is 42.5 Å².